The average molecular weight is 531 g/mol. The smallest absolute Gasteiger partial charge is 0.338 e. The highest BCUT2D eigenvalue weighted by Gasteiger charge is 2.33. The van der Waals surface area contributed by atoms with Gasteiger partial charge in [-0.3, -0.25) is 18.5 Å². The first-order valence-corrected chi connectivity index (χ1v) is 13.4. The maximum atomic E-state index is 13.8. The molecule has 0 spiro atoms. The lowest BCUT2D eigenvalue weighted by molar-refractivity contribution is -0.139. The minimum atomic E-state index is -0.647. The van der Waals surface area contributed by atoms with Gasteiger partial charge in [0.1, 0.15) is 0 Å². The molecule has 0 saturated carbocycles. The van der Waals surface area contributed by atoms with E-state index in [1.54, 1.807) is 41.6 Å². The van der Waals surface area contributed by atoms with Crippen molar-refractivity contribution in [3.8, 4) is 0 Å². The van der Waals surface area contributed by atoms with Crippen LogP contribution in [0.5, 0.6) is 0 Å². The van der Waals surface area contributed by atoms with Crippen LogP contribution in [0.15, 0.2) is 68.3 Å². The van der Waals surface area contributed by atoms with Gasteiger partial charge in [-0.1, -0.05) is 55.5 Å². The fourth-order valence-corrected chi connectivity index (χ4v) is 5.98. The summed E-state index contributed by atoms with van der Waals surface area (Å²) < 4.78 is 10.6. The number of hydrogen-bond donors (Lipinski definition) is 0. The van der Waals surface area contributed by atoms with Crippen LogP contribution >= 0.6 is 11.3 Å². The second-order valence-electron chi connectivity index (χ2n) is 9.77. The highest BCUT2D eigenvalue weighted by molar-refractivity contribution is 7.07. The quantitative estimate of drug-likeness (QED) is 0.371. The molecule has 196 valence electrons. The summed E-state index contributed by atoms with van der Waals surface area (Å²) in [5.41, 5.74) is 4.94. The highest BCUT2D eigenvalue weighted by Crippen LogP contribution is 2.31. The number of carbonyl (C=O) groups is 1. The molecule has 1 aliphatic rings. The van der Waals surface area contributed by atoms with E-state index in [9.17, 15) is 14.4 Å². The molecule has 4 aromatic rings. The lowest BCUT2D eigenvalue weighted by atomic mass is 9.93. The SMILES string of the molecule is CCOC(=O)C1=C(C)N=c2s/c(=C/c3ccc4c(c3)n(C)c(=O)n4C)c(=O)n2[C@H]1c1ccc(C(C)C)cc1. The van der Waals surface area contributed by atoms with Crippen LogP contribution in [0, 0.1) is 0 Å². The van der Waals surface area contributed by atoms with Crippen LogP contribution in [0.1, 0.15) is 56.3 Å². The van der Waals surface area contributed by atoms with Crippen LogP contribution in [-0.4, -0.2) is 26.3 Å². The molecule has 0 radical (unpaired) electrons. The molecular formula is C29H30N4O4S. The lowest BCUT2D eigenvalue weighted by Crippen LogP contribution is -2.39. The highest BCUT2D eigenvalue weighted by atomic mass is 32.1. The summed E-state index contributed by atoms with van der Waals surface area (Å²) in [5, 5.41) is 0. The van der Waals surface area contributed by atoms with E-state index < -0.39 is 12.0 Å². The molecule has 8 nitrogen and oxygen atoms in total. The van der Waals surface area contributed by atoms with E-state index in [-0.39, 0.29) is 17.9 Å². The Kier molecular flexibility index (Phi) is 6.56. The van der Waals surface area contributed by atoms with Crippen LogP contribution < -0.4 is 20.6 Å². The number of imidazole rings is 1. The summed E-state index contributed by atoms with van der Waals surface area (Å²) in [4.78, 5) is 44.4. The van der Waals surface area contributed by atoms with Gasteiger partial charge in [-0.2, -0.15) is 0 Å². The number of rotatable bonds is 5. The number of ether oxygens (including phenoxy) is 1. The Hall–Kier alpha value is -3.98. The summed E-state index contributed by atoms with van der Waals surface area (Å²) in [6, 6.07) is 13.0. The molecule has 9 heteroatoms. The van der Waals surface area contributed by atoms with Crippen molar-refractivity contribution in [1.82, 2.24) is 13.7 Å². The van der Waals surface area contributed by atoms with Gasteiger partial charge in [0, 0.05) is 14.1 Å². The second kappa shape index (κ2) is 9.72. The van der Waals surface area contributed by atoms with Gasteiger partial charge in [0.05, 0.1) is 39.5 Å². The first-order valence-electron chi connectivity index (χ1n) is 12.6. The monoisotopic (exact) mass is 530 g/mol. The summed E-state index contributed by atoms with van der Waals surface area (Å²) >= 11 is 1.28. The van der Waals surface area contributed by atoms with Gasteiger partial charge < -0.3 is 4.74 Å². The van der Waals surface area contributed by atoms with Crippen molar-refractivity contribution in [1.29, 1.82) is 0 Å². The van der Waals surface area contributed by atoms with Crippen LogP contribution in [0.4, 0.5) is 0 Å². The van der Waals surface area contributed by atoms with E-state index in [4.69, 9.17) is 4.74 Å². The van der Waals surface area contributed by atoms with Crippen LogP contribution in [0.2, 0.25) is 0 Å². The van der Waals surface area contributed by atoms with E-state index in [0.717, 1.165) is 22.2 Å². The number of thiazole rings is 1. The Morgan fingerprint density at radius 1 is 1.08 bits per heavy atom. The molecule has 0 N–H and O–H groups in total. The fourth-order valence-electron chi connectivity index (χ4n) is 4.94. The Labute approximate surface area is 223 Å². The third-order valence-corrected chi connectivity index (χ3v) is 8.01. The number of hydrogen-bond acceptors (Lipinski definition) is 6. The summed E-state index contributed by atoms with van der Waals surface area (Å²) in [6.07, 6.45) is 1.81. The summed E-state index contributed by atoms with van der Waals surface area (Å²) in [6.45, 7) is 8.01. The first kappa shape index (κ1) is 25.7. The summed E-state index contributed by atoms with van der Waals surface area (Å²) in [7, 11) is 3.46. The molecule has 0 unspecified atom stereocenters. The number of aryl methyl sites for hydroxylation is 2. The molecule has 0 bridgehead atoms. The molecule has 38 heavy (non-hydrogen) atoms. The Bertz CT molecular complexity index is 1850. The van der Waals surface area contributed by atoms with Crippen LogP contribution in [0.25, 0.3) is 17.1 Å². The van der Waals surface area contributed by atoms with E-state index in [2.05, 4.69) is 18.8 Å². The minimum Gasteiger partial charge on any atom is -0.463 e. The molecule has 0 aliphatic carbocycles. The third-order valence-electron chi connectivity index (χ3n) is 7.03. The molecule has 5 rings (SSSR count). The maximum Gasteiger partial charge on any atom is 0.338 e. The van der Waals surface area contributed by atoms with E-state index >= 15 is 0 Å². The van der Waals surface area contributed by atoms with Crippen molar-refractivity contribution < 1.29 is 9.53 Å². The molecule has 2 aromatic heterocycles. The van der Waals surface area contributed by atoms with Gasteiger partial charge in [0.2, 0.25) is 0 Å². The predicted octanol–water partition coefficient (Wildman–Crippen LogP) is 3.11. The average Bonchev–Trinajstić information content (AvgIpc) is 3.31. The van der Waals surface area contributed by atoms with Crippen molar-refractivity contribution in [2.24, 2.45) is 19.1 Å². The van der Waals surface area contributed by atoms with Gasteiger partial charge in [-0.15, -0.1) is 0 Å². The van der Waals surface area contributed by atoms with Crippen molar-refractivity contribution in [3.63, 3.8) is 0 Å². The Balaban J connectivity index is 1.70. The van der Waals surface area contributed by atoms with E-state index in [0.29, 0.717) is 26.5 Å². The Morgan fingerprint density at radius 3 is 2.42 bits per heavy atom. The lowest BCUT2D eigenvalue weighted by Gasteiger charge is -2.25. The van der Waals surface area contributed by atoms with Crippen molar-refractivity contribution in [2.75, 3.05) is 6.61 Å². The van der Waals surface area contributed by atoms with E-state index in [1.807, 2.05) is 48.5 Å². The first-order chi connectivity index (χ1) is 18.1. The molecular weight excluding hydrogens is 500 g/mol. The number of fused-ring (bicyclic) bond motifs is 2. The number of allylic oxidation sites excluding steroid dienone is 1. The molecule has 0 fully saturated rings. The zero-order valence-corrected chi connectivity index (χ0v) is 23.1. The number of benzene rings is 2. The Morgan fingerprint density at radius 2 is 1.76 bits per heavy atom. The number of nitrogens with zero attached hydrogens (tertiary/aromatic N) is 4. The van der Waals surface area contributed by atoms with Gasteiger partial charge >= 0.3 is 11.7 Å². The molecule has 1 aliphatic heterocycles. The zero-order valence-electron chi connectivity index (χ0n) is 22.3. The second-order valence-corrected chi connectivity index (χ2v) is 10.8. The van der Waals surface area contributed by atoms with Gasteiger partial charge in [0.15, 0.2) is 4.80 Å². The standard InChI is InChI=1S/C29H30N4O4S/c1-7-37-27(35)24-17(4)30-28-33(25(24)20-11-9-19(10-12-20)16(2)3)26(34)23(38-28)15-18-8-13-21-22(14-18)32(6)29(36)31(21)5/h8-16,25H,7H2,1-6H3/b23-15+/t25-/m0/s1. The number of aromatic nitrogens is 3. The summed E-state index contributed by atoms with van der Waals surface area (Å²) in [5.74, 6) is -0.120. The molecule has 1 atom stereocenters. The predicted molar refractivity (Wildman–Crippen MR) is 149 cm³/mol. The largest absolute Gasteiger partial charge is 0.463 e. The third kappa shape index (κ3) is 4.16. The molecule has 0 amide bonds. The van der Waals surface area contributed by atoms with Gasteiger partial charge in [-0.25, -0.2) is 14.6 Å². The fraction of sp³-hybridized carbons (Fsp3) is 0.310. The maximum absolute atomic E-state index is 13.8. The normalized spacial score (nSPS) is 15.8. The number of carbonyl (C=O) groups excluding carboxylic acids is 1. The number of esters is 1. The van der Waals surface area contributed by atoms with Crippen molar-refractivity contribution in [2.45, 2.75) is 39.7 Å². The van der Waals surface area contributed by atoms with Crippen molar-refractivity contribution in [3.05, 3.63) is 101 Å². The molecule has 0 saturated heterocycles. The topological polar surface area (TPSA) is 87.6 Å². The molecule has 2 aromatic carbocycles. The zero-order chi connectivity index (χ0) is 27.3. The van der Waals surface area contributed by atoms with E-state index in [1.165, 1.54) is 16.9 Å². The van der Waals surface area contributed by atoms with Gasteiger partial charge in [0.25, 0.3) is 5.56 Å². The van der Waals surface area contributed by atoms with Gasteiger partial charge in [-0.05, 0) is 54.7 Å². The molecule has 3 heterocycles. The van der Waals surface area contributed by atoms with Crippen molar-refractivity contribution >= 4 is 34.4 Å². The van der Waals surface area contributed by atoms with Crippen LogP contribution in [-0.2, 0) is 23.6 Å². The minimum absolute atomic E-state index is 0.109. The van der Waals surface area contributed by atoms with Crippen LogP contribution in [0.3, 0.4) is 0 Å².